The van der Waals surface area contributed by atoms with Crippen LogP contribution in [-0.4, -0.2) is 12.1 Å². The Balaban J connectivity index is 4.61. The summed E-state index contributed by atoms with van der Waals surface area (Å²) in [6.45, 7) is 3.74. The van der Waals surface area contributed by atoms with E-state index in [1.165, 1.54) is 6.20 Å². The van der Waals surface area contributed by atoms with Gasteiger partial charge in [-0.3, -0.25) is 5.41 Å². The van der Waals surface area contributed by atoms with E-state index in [4.69, 9.17) is 11.1 Å². The van der Waals surface area contributed by atoms with E-state index >= 15 is 0 Å². The molecule has 0 atom stereocenters. The van der Waals surface area contributed by atoms with Gasteiger partial charge in [-0.05, 0) is 31.7 Å². The van der Waals surface area contributed by atoms with Crippen LogP contribution in [0.1, 0.15) is 13.8 Å². The first-order valence-corrected chi connectivity index (χ1v) is 3.34. The van der Waals surface area contributed by atoms with Crippen LogP contribution < -0.4 is 5.73 Å². The van der Waals surface area contributed by atoms with Crippen LogP contribution >= 0.6 is 0 Å². The molecular formula is C8H13N3. The van der Waals surface area contributed by atoms with Gasteiger partial charge in [-0.15, -0.1) is 0 Å². The molecule has 0 aromatic heterocycles. The zero-order valence-electron chi connectivity index (χ0n) is 6.83. The summed E-state index contributed by atoms with van der Waals surface area (Å²) in [4.78, 5) is 3.81. The number of allylic oxidation sites excluding steroid dienone is 3. The molecule has 0 rings (SSSR count). The fourth-order valence-corrected chi connectivity index (χ4v) is 0.589. The summed E-state index contributed by atoms with van der Waals surface area (Å²) in [7, 11) is 0. The second-order valence-corrected chi connectivity index (χ2v) is 1.99. The van der Waals surface area contributed by atoms with Crippen LogP contribution in [-0.2, 0) is 0 Å². The number of rotatable bonds is 3. The lowest BCUT2D eigenvalue weighted by molar-refractivity contribution is 1.45. The summed E-state index contributed by atoms with van der Waals surface area (Å²) in [5.74, 6) is 0. The van der Waals surface area contributed by atoms with Crippen molar-refractivity contribution in [3.05, 3.63) is 23.9 Å². The molecule has 0 bridgehead atoms. The molecule has 11 heavy (non-hydrogen) atoms. The number of nitrogens with two attached hydrogens (primary N) is 1. The van der Waals surface area contributed by atoms with Crippen molar-refractivity contribution in [3.8, 4) is 0 Å². The van der Waals surface area contributed by atoms with Crippen LogP contribution in [0.4, 0.5) is 0 Å². The van der Waals surface area contributed by atoms with E-state index in [9.17, 15) is 0 Å². The summed E-state index contributed by atoms with van der Waals surface area (Å²) in [6, 6.07) is 0. The summed E-state index contributed by atoms with van der Waals surface area (Å²) in [5.41, 5.74) is 6.88. The zero-order valence-corrected chi connectivity index (χ0v) is 6.83. The van der Waals surface area contributed by atoms with Crippen LogP contribution in [0.25, 0.3) is 0 Å². The monoisotopic (exact) mass is 151 g/mol. The third kappa shape index (κ3) is 3.35. The molecule has 60 valence electrons. The van der Waals surface area contributed by atoms with E-state index in [1.807, 2.05) is 26.0 Å². The van der Waals surface area contributed by atoms with Gasteiger partial charge < -0.3 is 5.73 Å². The fraction of sp³-hybridized carbons (Fsp3) is 0.250. The lowest BCUT2D eigenvalue weighted by Gasteiger charge is -1.96. The summed E-state index contributed by atoms with van der Waals surface area (Å²) in [5, 5.41) is 6.77. The first-order valence-electron chi connectivity index (χ1n) is 3.34. The molecule has 0 spiro atoms. The SMILES string of the molecule is C/C=C\C(=NC=N)/C(C)=C/N. The fourth-order valence-electron chi connectivity index (χ4n) is 0.589. The van der Waals surface area contributed by atoms with E-state index < -0.39 is 0 Å². The predicted octanol–water partition coefficient (Wildman–Crippen LogP) is 1.47. The molecule has 3 heteroatoms. The van der Waals surface area contributed by atoms with E-state index in [0.717, 1.165) is 17.6 Å². The Morgan fingerprint density at radius 1 is 1.55 bits per heavy atom. The van der Waals surface area contributed by atoms with Gasteiger partial charge in [0, 0.05) is 0 Å². The molecule has 0 unspecified atom stereocenters. The minimum absolute atomic E-state index is 0.727. The molecule has 0 aromatic carbocycles. The third-order valence-corrected chi connectivity index (χ3v) is 1.18. The highest BCUT2D eigenvalue weighted by atomic mass is 14.8. The lowest BCUT2D eigenvalue weighted by atomic mass is 10.2. The molecular weight excluding hydrogens is 138 g/mol. The van der Waals surface area contributed by atoms with Gasteiger partial charge in [0.1, 0.15) is 6.34 Å². The summed E-state index contributed by atoms with van der Waals surface area (Å²) >= 11 is 0. The van der Waals surface area contributed by atoms with Gasteiger partial charge in [-0.1, -0.05) is 6.08 Å². The zero-order chi connectivity index (χ0) is 8.69. The molecule has 3 nitrogen and oxygen atoms in total. The second-order valence-electron chi connectivity index (χ2n) is 1.99. The molecule has 0 aliphatic heterocycles. The van der Waals surface area contributed by atoms with Crippen molar-refractivity contribution in [2.45, 2.75) is 13.8 Å². The Labute approximate surface area is 66.8 Å². The minimum Gasteiger partial charge on any atom is -0.404 e. The highest BCUT2D eigenvalue weighted by Crippen LogP contribution is 1.96. The molecule has 0 aliphatic carbocycles. The van der Waals surface area contributed by atoms with Crippen LogP contribution in [0.15, 0.2) is 28.9 Å². The number of hydrogen-bond acceptors (Lipinski definition) is 2. The number of aliphatic imine (C=N–C) groups is 1. The van der Waals surface area contributed by atoms with Gasteiger partial charge >= 0.3 is 0 Å². The van der Waals surface area contributed by atoms with Crippen LogP contribution in [0, 0.1) is 5.41 Å². The van der Waals surface area contributed by atoms with Crippen LogP contribution in [0.3, 0.4) is 0 Å². The Morgan fingerprint density at radius 2 is 2.18 bits per heavy atom. The molecule has 0 saturated heterocycles. The van der Waals surface area contributed by atoms with Gasteiger partial charge in [0.05, 0.1) is 5.71 Å². The minimum atomic E-state index is 0.727. The molecule has 3 N–H and O–H groups in total. The second kappa shape index (κ2) is 5.41. The third-order valence-electron chi connectivity index (χ3n) is 1.18. The summed E-state index contributed by atoms with van der Waals surface area (Å²) in [6.07, 6.45) is 6.14. The Bertz CT molecular complexity index is 211. The van der Waals surface area contributed by atoms with Gasteiger partial charge in [-0.2, -0.15) is 0 Å². The molecule has 0 aromatic rings. The number of nitrogens with zero attached hydrogens (tertiary/aromatic N) is 1. The maximum atomic E-state index is 6.77. The van der Waals surface area contributed by atoms with Gasteiger partial charge in [0.15, 0.2) is 0 Å². The van der Waals surface area contributed by atoms with Crippen molar-refractivity contribution in [1.82, 2.24) is 0 Å². The predicted molar refractivity (Wildman–Crippen MR) is 49.0 cm³/mol. The Morgan fingerprint density at radius 3 is 2.55 bits per heavy atom. The van der Waals surface area contributed by atoms with Crippen molar-refractivity contribution < 1.29 is 0 Å². The molecule has 0 aliphatic rings. The lowest BCUT2D eigenvalue weighted by Crippen LogP contribution is -1.98. The Hall–Kier alpha value is -1.38. The summed E-state index contributed by atoms with van der Waals surface area (Å²) < 4.78 is 0. The molecule has 0 fully saturated rings. The largest absolute Gasteiger partial charge is 0.404 e. The van der Waals surface area contributed by atoms with Crippen LogP contribution in [0.2, 0.25) is 0 Å². The Kier molecular flexibility index (Phi) is 4.73. The van der Waals surface area contributed by atoms with Crippen LogP contribution in [0.5, 0.6) is 0 Å². The van der Waals surface area contributed by atoms with Crippen molar-refractivity contribution in [3.63, 3.8) is 0 Å². The highest BCUT2D eigenvalue weighted by Gasteiger charge is 1.93. The molecule has 0 amide bonds. The number of hydrogen-bond donors (Lipinski definition) is 2. The average molecular weight is 151 g/mol. The van der Waals surface area contributed by atoms with Gasteiger partial charge in [0.2, 0.25) is 0 Å². The van der Waals surface area contributed by atoms with E-state index in [2.05, 4.69) is 4.99 Å². The van der Waals surface area contributed by atoms with E-state index in [-0.39, 0.29) is 0 Å². The van der Waals surface area contributed by atoms with E-state index in [1.54, 1.807) is 0 Å². The van der Waals surface area contributed by atoms with Crippen molar-refractivity contribution >= 4 is 12.1 Å². The standard InChI is InChI=1S/C8H13N3/c1-3-4-8(11-6-10)7(2)5-9/h3-6,10H,9H2,1-2H3/b4-3-,7-5+,10-6?,11-8?. The first kappa shape index (κ1) is 9.62. The smallest absolute Gasteiger partial charge is 0.107 e. The maximum absolute atomic E-state index is 6.77. The van der Waals surface area contributed by atoms with Gasteiger partial charge in [0.25, 0.3) is 0 Å². The number of nitrogens with one attached hydrogen (secondary N) is 1. The molecule has 0 radical (unpaired) electrons. The first-order chi connectivity index (χ1) is 5.26. The normalized spacial score (nSPS) is 14.0. The maximum Gasteiger partial charge on any atom is 0.107 e. The van der Waals surface area contributed by atoms with Crippen molar-refractivity contribution in [2.24, 2.45) is 10.7 Å². The highest BCUT2D eigenvalue weighted by molar-refractivity contribution is 6.10. The quantitative estimate of drug-likeness (QED) is 0.465. The molecule has 0 saturated carbocycles. The van der Waals surface area contributed by atoms with Crippen molar-refractivity contribution in [2.75, 3.05) is 0 Å². The van der Waals surface area contributed by atoms with Crippen molar-refractivity contribution in [1.29, 1.82) is 5.41 Å². The van der Waals surface area contributed by atoms with Gasteiger partial charge in [-0.25, -0.2) is 4.99 Å². The average Bonchev–Trinajstić information content (AvgIpc) is 2.03. The topological polar surface area (TPSA) is 62.2 Å². The van der Waals surface area contributed by atoms with E-state index in [0.29, 0.717) is 0 Å². The molecule has 0 heterocycles.